The third-order valence-electron chi connectivity index (χ3n) is 5.56. The van der Waals surface area contributed by atoms with Gasteiger partial charge in [-0.3, -0.25) is 9.69 Å². The quantitative estimate of drug-likeness (QED) is 0.804. The number of carbonyl (C=O) groups is 1. The van der Waals surface area contributed by atoms with Crippen LogP contribution in [0.3, 0.4) is 0 Å². The van der Waals surface area contributed by atoms with Gasteiger partial charge in [0.05, 0.1) is 0 Å². The molecule has 1 aromatic heterocycles. The fourth-order valence-corrected chi connectivity index (χ4v) is 3.89. The molecule has 146 valence electrons. The second-order valence-corrected chi connectivity index (χ2v) is 7.50. The first-order valence-electron chi connectivity index (χ1n) is 10.2. The molecule has 1 amide bonds. The van der Waals surface area contributed by atoms with Crippen molar-refractivity contribution in [3.05, 3.63) is 65.9 Å². The van der Waals surface area contributed by atoms with Gasteiger partial charge in [0.25, 0.3) is 5.91 Å². The number of amides is 1. The molecule has 5 heteroatoms. The van der Waals surface area contributed by atoms with Crippen LogP contribution >= 0.6 is 0 Å². The lowest BCUT2D eigenvalue weighted by Crippen LogP contribution is -2.48. The van der Waals surface area contributed by atoms with Crippen molar-refractivity contribution in [1.82, 2.24) is 14.8 Å². The van der Waals surface area contributed by atoms with Gasteiger partial charge in [0.15, 0.2) is 0 Å². The number of piperazine rings is 1. The summed E-state index contributed by atoms with van der Waals surface area (Å²) >= 11 is 0. The number of aromatic nitrogens is 1. The van der Waals surface area contributed by atoms with Crippen LogP contribution in [-0.2, 0) is 0 Å². The Bertz CT molecular complexity index is 806. The lowest BCUT2D eigenvalue weighted by atomic mass is 10.2. The first-order valence-corrected chi connectivity index (χ1v) is 10.2. The SMILES string of the molecule is O=C(c1ccnc(N2CCCC2)c1)N1CCN(C/C=C/c2ccccc2)CC1. The minimum atomic E-state index is 0.127. The van der Waals surface area contributed by atoms with Gasteiger partial charge in [0, 0.05) is 57.6 Å². The van der Waals surface area contributed by atoms with Crippen LogP contribution in [0.25, 0.3) is 6.08 Å². The van der Waals surface area contributed by atoms with Crippen molar-refractivity contribution in [2.75, 3.05) is 50.7 Å². The van der Waals surface area contributed by atoms with E-state index in [1.54, 1.807) is 6.20 Å². The van der Waals surface area contributed by atoms with Crippen LogP contribution in [0.5, 0.6) is 0 Å². The summed E-state index contributed by atoms with van der Waals surface area (Å²) in [6.07, 6.45) is 8.55. The standard InChI is InChI=1S/C23H28N4O/c28-23(21-10-11-24-22(19-21)26-13-4-5-14-26)27-17-15-25(16-18-27)12-6-9-20-7-2-1-3-8-20/h1-3,6-11,19H,4-5,12-18H2/b9-6+. The maximum absolute atomic E-state index is 12.9. The normalized spacial score (nSPS) is 18.1. The lowest BCUT2D eigenvalue weighted by Gasteiger charge is -2.34. The summed E-state index contributed by atoms with van der Waals surface area (Å²) in [6.45, 7) is 6.38. The predicted octanol–water partition coefficient (Wildman–Crippen LogP) is 3.15. The van der Waals surface area contributed by atoms with Crippen LogP contribution in [0.15, 0.2) is 54.7 Å². The third-order valence-corrected chi connectivity index (χ3v) is 5.56. The minimum absolute atomic E-state index is 0.127. The highest BCUT2D eigenvalue weighted by atomic mass is 16.2. The van der Waals surface area contributed by atoms with Crippen molar-refractivity contribution >= 4 is 17.8 Å². The van der Waals surface area contributed by atoms with Crippen molar-refractivity contribution in [3.8, 4) is 0 Å². The Morgan fingerprint density at radius 1 is 0.964 bits per heavy atom. The van der Waals surface area contributed by atoms with Crippen molar-refractivity contribution < 1.29 is 4.79 Å². The molecule has 1 aromatic carbocycles. The highest BCUT2D eigenvalue weighted by molar-refractivity contribution is 5.95. The molecule has 0 unspecified atom stereocenters. The summed E-state index contributed by atoms with van der Waals surface area (Å²) in [5.41, 5.74) is 1.98. The zero-order valence-corrected chi connectivity index (χ0v) is 16.3. The molecule has 2 aromatic rings. The van der Waals surface area contributed by atoms with Crippen LogP contribution in [0.4, 0.5) is 5.82 Å². The van der Waals surface area contributed by atoms with Crippen molar-refractivity contribution in [2.45, 2.75) is 12.8 Å². The molecular formula is C23H28N4O. The smallest absolute Gasteiger partial charge is 0.254 e. The van der Waals surface area contributed by atoms with Gasteiger partial charge >= 0.3 is 0 Å². The van der Waals surface area contributed by atoms with Crippen LogP contribution in [0, 0.1) is 0 Å². The molecule has 4 rings (SSSR count). The zero-order valence-electron chi connectivity index (χ0n) is 16.3. The summed E-state index contributed by atoms with van der Waals surface area (Å²) in [5.74, 6) is 1.07. The topological polar surface area (TPSA) is 39.7 Å². The first kappa shape index (κ1) is 18.7. The Balaban J connectivity index is 1.29. The molecule has 28 heavy (non-hydrogen) atoms. The van der Waals surface area contributed by atoms with Gasteiger partial charge in [0.1, 0.15) is 5.82 Å². The van der Waals surface area contributed by atoms with E-state index in [1.165, 1.54) is 18.4 Å². The molecule has 2 aliphatic rings. The first-order chi connectivity index (χ1) is 13.8. The van der Waals surface area contributed by atoms with E-state index < -0.39 is 0 Å². The van der Waals surface area contributed by atoms with E-state index in [4.69, 9.17) is 0 Å². The fraction of sp³-hybridized carbons (Fsp3) is 0.391. The molecule has 2 fully saturated rings. The van der Waals surface area contributed by atoms with Crippen molar-refractivity contribution in [2.24, 2.45) is 0 Å². The molecule has 0 radical (unpaired) electrons. The molecule has 3 heterocycles. The van der Waals surface area contributed by atoms with E-state index in [9.17, 15) is 4.79 Å². The Morgan fingerprint density at radius 3 is 2.46 bits per heavy atom. The zero-order chi connectivity index (χ0) is 19.2. The molecule has 2 saturated heterocycles. The number of hydrogen-bond donors (Lipinski definition) is 0. The predicted molar refractivity (Wildman–Crippen MR) is 114 cm³/mol. The van der Waals surface area contributed by atoms with Crippen molar-refractivity contribution in [1.29, 1.82) is 0 Å². The van der Waals surface area contributed by atoms with E-state index in [-0.39, 0.29) is 5.91 Å². The summed E-state index contributed by atoms with van der Waals surface area (Å²) in [4.78, 5) is 24.0. The molecule has 2 aliphatic heterocycles. The largest absolute Gasteiger partial charge is 0.357 e. The Morgan fingerprint density at radius 2 is 1.71 bits per heavy atom. The van der Waals surface area contributed by atoms with E-state index in [0.717, 1.165) is 57.2 Å². The number of benzene rings is 1. The molecule has 0 atom stereocenters. The summed E-state index contributed by atoms with van der Waals surface area (Å²) in [5, 5.41) is 0. The molecule has 0 spiro atoms. The second-order valence-electron chi connectivity index (χ2n) is 7.50. The highest BCUT2D eigenvalue weighted by Crippen LogP contribution is 2.19. The molecular weight excluding hydrogens is 348 g/mol. The van der Waals surface area contributed by atoms with Crippen molar-refractivity contribution in [3.63, 3.8) is 0 Å². The fourth-order valence-electron chi connectivity index (χ4n) is 3.89. The number of anilines is 1. The number of hydrogen-bond acceptors (Lipinski definition) is 4. The summed E-state index contributed by atoms with van der Waals surface area (Å²) in [6, 6.07) is 14.2. The van der Waals surface area contributed by atoms with E-state index in [0.29, 0.717) is 0 Å². The van der Waals surface area contributed by atoms with Gasteiger partial charge in [-0.1, -0.05) is 42.5 Å². The molecule has 0 bridgehead atoms. The number of nitrogens with zero attached hydrogens (tertiary/aromatic N) is 4. The van der Waals surface area contributed by atoms with Gasteiger partial charge in [-0.25, -0.2) is 4.98 Å². The molecule has 0 N–H and O–H groups in total. The van der Waals surface area contributed by atoms with Crippen LogP contribution in [-0.4, -0.2) is 66.5 Å². The summed E-state index contributed by atoms with van der Waals surface area (Å²) in [7, 11) is 0. The lowest BCUT2D eigenvalue weighted by molar-refractivity contribution is 0.0650. The van der Waals surface area contributed by atoms with E-state index >= 15 is 0 Å². The van der Waals surface area contributed by atoms with Gasteiger partial charge < -0.3 is 9.80 Å². The Labute approximate surface area is 167 Å². The second kappa shape index (κ2) is 9.02. The van der Waals surface area contributed by atoms with Crippen LogP contribution < -0.4 is 4.90 Å². The Kier molecular flexibility index (Phi) is 6.02. The van der Waals surface area contributed by atoms with Gasteiger partial charge in [-0.2, -0.15) is 0 Å². The maximum atomic E-state index is 12.9. The van der Waals surface area contributed by atoms with E-state index in [1.807, 2.05) is 23.1 Å². The van der Waals surface area contributed by atoms with Crippen LogP contribution in [0.1, 0.15) is 28.8 Å². The summed E-state index contributed by atoms with van der Waals surface area (Å²) < 4.78 is 0. The number of carbonyl (C=O) groups excluding carboxylic acids is 1. The van der Waals surface area contributed by atoms with Gasteiger partial charge in [0.2, 0.25) is 0 Å². The number of pyridine rings is 1. The van der Waals surface area contributed by atoms with E-state index in [2.05, 4.69) is 51.2 Å². The van der Waals surface area contributed by atoms with Gasteiger partial charge in [-0.05, 0) is 30.5 Å². The van der Waals surface area contributed by atoms with Crippen LogP contribution in [0.2, 0.25) is 0 Å². The maximum Gasteiger partial charge on any atom is 0.254 e. The minimum Gasteiger partial charge on any atom is -0.357 e. The Hall–Kier alpha value is -2.66. The molecule has 0 saturated carbocycles. The average molecular weight is 377 g/mol. The molecule has 5 nitrogen and oxygen atoms in total. The average Bonchev–Trinajstić information content (AvgIpc) is 3.30. The molecule has 0 aliphatic carbocycles. The van der Waals surface area contributed by atoms with Gasteiger partial charge in [-0.15, -0.1) is 0 Å². The number of rotatable bonds is 5. The monoisotopic (exact) mass is 376 g/mol. The third kappa shape index (κ3) is 4.60. The highest BCUT2D eigenvalue weighted by Gasteiger charge is 2.23.